The van der Waals surface area contributed by atoms with Crippen LogP contribution in [0.4, 0.5) is 0 Å². The molecular weight excluding hydrogens is 378 g/mol. The summed E-state index contributed by atoms with van der Waals surface area (Å²) in [4.78, 5) is 2.36. The first-order valence-electron chi connectivity index (χ1n) is 10.3. The van der Waals surface area contributed by atoms with Crippen molar-refractivity contribution in [1.82, 2.24) is 14.7 Å². The number of aliphatic hydroxyl groups is 1. The maximum atomic E-state index is 11.1. The van der Waals surface area contributed by atoms with Crippen LogP contribution in [0, 0.1) is 6.92 Å². The summed E-state index contributed by atoms with van der Waals surface area (Å²) in [6, 6.07) is 15.5. The lowest BCUT2D eigenvalue weighted by Gasteiger charge is -2.25. The van der Waals surface area contributed by atoms with Gasteiger partial charge in [0.2, 0.25) is 0 Å². The third-order valence-corrected chi connectivity index (χ3v) is 5.51. The summed E-state index contributed by atoms with van der Waals surface area (Å²) in [6.45, 7) is 7.05. The second kappa shape index (κ2) is 8.50. The van der Waals surface area contributed by atoms with Gasteiger partial charge in [-0.2, -0.15) is 5.10 Å². The Balaban J connectivity index is 1.50. The zero-order valence-electron chi connectivity index (χ0n) is 17.8. The first-order valence-corrected chi connectivity index (χ1v) is 10.3. The maximum absolute atomic E-state index is 11.1. The maximum Gasteiger partial charge on any atom is 0.123 e. The lowest BCUT2D eigenvalue weighted by molar-refractivity contribution is 0.00748. The highest BCUT2D eigenvalue weighted by atomic mass is 16.5. The predicted molar refractivity (Wildman–Crippen MR) is 116 cm³/mol. The number of nitrogens with zero attached hydrogens (tertiary/aromatic N) is 3. The summed E-state index contributed by atoms with van der Waals surface area (Å²) < 4.78 is 13.6. The highest BCUT2D eigenvalue weighted by molar-refractivity contribution is 5.40. The van der Waals surface area contributed by atoms with Crippen LogP contribution in [0.25, 0.3) is 0 Å². The van der Waals surface area contributed by atoms with Gasteiger partial charge in [-0.1, -0.05) is 24.3 Å². The molecule has 2 aromatic carbocycles. The molecule has 1 aliphatic heterocycles. The van der Waals surface area contributed by atoms with Crippen LogP contribution in [0.1, 0.15) is 29.3 Å². The smallest absolute Gasteiger partial charge is 0.123 e. The van der Waals surface area contributed by atoms with Crippen LogP contribution >= 0.6 is 0 Å². The van der Waals surface area contributed by atoms with Crippen LogP contribution in [-0.4, -0.2) is 39.5 Å². The Kier molecular flexibility index (Phi) is 5.79. The number of hydrogen-bond donors (Lipinski definition) is 1. The zero-order chi connectivity index (χ0) is 21.1. The summed E-state index contributed by atoms with van der Waals surface area (Å²) in [5.74, 6) is 1.62. The van der Waals surface area contributed by atoms with E-state index < -0.39 is 5.60 Å². The molecule has 1 unspecified atom stereocenters. The summed E-state index contributed by atoms with van der Waals surface area (Å²) >= 11 is 0. The van der Waals surface area contributed by atoms with E-state index in [9.17, 15) is 5.11 Å². The molecule has 0 spiro atoms. The molecule has 0 fully saturated rings. The monoisotopic (exact) mass is 407 g/mol. The number of rotatable bonds is 6. The van der Waals surface area contributed by atoms with Crippen LogP contribution in [-0.2, 0) is 25.7 Å². The summed E-state index contributed by atoms with van der Waals surface area (Å²) in [5, 5.41) is 15.5. The molecule has 4 rings (SSSR count). The van der Waals surface area contributed by atoms with Gasteiger partial charge in [0.15, 0.2) is 0 Å². The van der Waals surface area contributed by atoms with Crippen molar-refractivity contribution in [2.75, 3.05) is 19.8 Å². The number of fused-ring (bicyclic) bond motifs is 1. The SMILES string of the molecule is Cc1nn(C)cc1CN1CCOc2ccc(C(C)(O)COc3ccccc3)cc2C1. The molecule has 0 radical (unpaired) electrons. The van der Waals surface area contributed by atoms with E-state index in [1.54, 1.807) is 6.92 Å². The third kappa shape index (κ3) is 4.66. The molecule has 2 heterocycles. The molecule has 1 N–H and O–H groups in total. The Morgan fingerprint density at radius 2 is 2.00 bits per heavy atom. The van der Waals surface area contributed by atoms with Crippen molar-refractivity contribution in [2.24, 2.45) is 7.05 Å². The van der Waals surface area contributed by atoms with E-state index in [4.69, 9.17) is 9.47 Å². The van der Waals surface area contributed by atoms with Crippen molar-refractivity contribution < 1.29 is 14.6 Å². The Morgan fingerprint density at radius 1 is 1.20 bits per heavy atom. The molecule has 0 aliphatic carbocycles. The van der Waals surface area contributed by atoms with Gasteiger partial charge in [0.1, 0.15) is 30.3 Å². The second-order valence-corrected chi connectivity index (χ2v) is 8.17. The largest absolute Gasteiger partial charge is 0.492 e. The fourth-order valence-electron chi connectivity index (χ4n) is 3.79. The number of ether oxygens (including phenoxy) is 2. The molecule has 0 saturated carbocycles. The molecule has 1 aromatic heterocycles. The molecule has 6 heteroatoms. The molecule has 158 valence electrons. The molecule has 1 atom stereocenters. The van der Waals surface area contributed by atoms with E-state index >= 15 is 0 Å². The molecule has 30 heavy (non-hydrogen) atoms. The standard InChI is InChI=1S/C24H29N3O3/c1-18-20(14-26(3)25-18)16-27-11-12-29-23-10-9-21(13-19(23)15-27)24(2,28)17-30-22-7-5-4-6-8-22/h4-10,13-14,28H,11-12,15-17H2,1-3H3. The van der Waals surface area contributed by atoms with Crippen molar-refractivity contribution in [3.63, 3.8) is 0 Å². The normalized spacial score (nSPS) is 16.3. The van der Waals surface area contributed by atoms with E-state index in [2.05, 4.69) is 16.2 Å². The van der Waals surface area contributed by atoms with E-state index in [0.717, 1.165) is 48.0 Å². The summed E-state index contributed by atoms with van der Waals surface area (Å²) in [6.07, 6.45) is 2.07. The Labute approximate surface area is 177 Å². The number of hydrogen-bond acceptors (Lipinski definition) is 5. The molecule has 6 nitrogen and oxygen atoms in total. The van der Waals surface area contributed by atoms with Crippen molar-refractivity contribution in [3.8, 4) is 11.5 Å². The van der Waals surface area contributed by atoms with Crippen LogP contribution < -0.4 is 9.47 Å². The number of para-hydroxylation sites is 1. The predicted octanol–water partition coefficient (Wildman–Crippen LogP) is 3.41. The minimum Gasteiger partial charge on any atom is -0.492 e. The van der Waals surface area contributed by atoms with Crippen molar-refractivity contribution in [1.29, 1.82) is 0 Å². The molecule has 1 aliphatic rings. The van der Waals surface area contributed by atoms with Crippen molar-refractivity contribution in [3.05, 3.63) is 77.1 Å². The average Bonchev–Trinajstić information content (AvgIpc) is 2.92. The van der Waals surface area contributed by atoms with Gasteiger partial charge in [-0.3, -0.25) is 9.58 Å². The van der Waals surface area contributed by atoms with Crippen LogP contribution in [0.2, 0.25) is 0 Å². The quantitative estimate of drug-likeness (QED) is 0.679. The van der Waals surface area contributed by atoms with Gasteiger partial charge in [-0.25, -0.2) is 0 Å². The van der Waals surface area contributed by atoms with Crippen LogP contribution in [0.15, 0.2) is 54.7 Å². The van der Waals surface area contributed by atoms with Gasteiger partial charge >= 0.3 is 0 Å². The van der Waals surface area contributed by atoms with E-state index in [1.165, 1.54) is 5.56 Å². The Morgan fingerprint density at radius 3 is 2.73 bits per heavy atom. The van der Waals surface area contributed by atoms with Gasteiger partial charge in [0, 0.05) is 44.0 Å². The number of benzene rings is 2. The highest BCUT2D eigenvalue weighted by Crippen LogP contribution is 2.30. The highest BCUT2D eigenvalue weighted by Gasteiger charge is 2.27. The number of aryl methyl sites for hydroxylation is 2. The van der Waals surface area contributed by atoms with Gasteiger partial charge < -0.3 is 14.6 Å². The molecule has 0 amide bonds. The summed E-state index contributed by atoms with van der Waals surface area (Å²) in [7, 11) is 1.95. The fraction of sp³-hybridized carbons (Fsp3) is 0.375. The van der Waals surface area contributed by atoms with Crippen molar-refractivity contribution in [2.45, 2.75) is 32.5 Å². The lowest BCUT2D eigenvalue weighted by Crippen LogP contribution is -2.30. The lowest BCUT2D eigenvalue weighted by atomic mass is 9.94. The topological polar surface area (TPSA) is 59.8 Å². The number of aromatic nitrogens is 2. The molecule has 0 saturated heterocycles. The van der Waals surface area contributed by atoms with E-state index in [-0.39, 0.29) is 6.61 Å². The minimum absolute atomic E-state index is 0.176. The van der Waals surface area contributed by atoms with E-state index in [1.807, 2.05) is 67.2 Å². The van der Waals surface area contributed by atoms with Gasteiger partial charge in [-0.05, 0) is 43.7 Å². The Bertz CT molecular complexity index is 998. The van der Waals surface area contributed by atoms with Crippen molar-refractivity contribution >= 4 is 0 Å². The fourth-order valence-corrected chi connectivity index (χ4v) is 3.79. The third-order valence-electron chi connectivity index (χ3n) is 5.51. The first kappa shape index (κ1) is 20.4. The minimum atomic E-state index is -1.11. The zero-order valence-corrected chi connectivity index (χ0v) is 17.8. The van der Waals surface area contributed by atoms with E-state index in [0.29, 0.717) is 6.61 Å². The molecular formula is C24H29N3O3. The second-order valence-electron chi connectivity index (χ2n) is 8.17. The Hall–Kier alpha value is -2.83. The van der Waals surface area contributed by atoms with Gasteiger partial charge in [0.25, 0.3) is 0 Å². The van der Waals surface area contributed by atoms with Crippen LogP contribution in [0.3, 0.4) is 0 Å². The van der Waals surface area contributed by atoms with Gasteiger partial charge in [-0.15, -0.1) is 0 Å². The first-order chi connectivity index (χ1) is 14.4. The molecule has 0 bridgehead atoms. The molecule has 3 aromatic rings. The van der Waals surface area contributed by atoms with Crippen LogP contribution in [0.5, 0.6) is 11.5 Å². The van der Waals surface area contributed by atoms with Gasteiger partial charge in [0.05, 0.1) is 5.69 Å². The average molecular weight is 408 g/mol. The summed E-state index contributed by atoms with van der Waals surface area (Å²) in [5.41, 5.74) is 3.06.